The Kier molecular flexibility index (Phi) is 6.21. The summed E-state index contributed by atoms with van der Waals surface area (Å²) in [5, 5.41) is 2.68. The van der Waals surface area contributed by atoms with E-state index in [4.69, 9.17) is 9.47 Å². The van der Waals surface area contributed by atoms with Gasteiger partial charge in [-0.25, -0.2) is 4.79 Å². The van der Waals surface area contributed by atoms with Crippen molar-refractivity contribution in [2.24, 2.45) is 11.8 Å². The zero-order valence-electron chi connectivity index (χ0n) is 17.3. The number of methoxy groups -OCH3 is 1. The van der Waals surface area contributed by atoms with Crippen molar-refractivity contribution < 1.29 is 19.1 Å². The zero-order chi connectivity index (χ0) is 20.9. The summed E-state index contributed by atoms with van der Waals surface area (Å²) in [5.74, 6) is 2.64. The Morgan fingerprint density at radius 2 is 1.57 bits per heavy atom. The molecule has 2 aromatic carbocycles. The molecule has 0 unspecified atom stereocenters. The number of piperidine rings is 1. The Bertz CT molecular complexity index is 879. The van der Waals surface area contributed by atoms with Gasteiger partial charge in [-0.05, 0) is 73.2 Å². The molecular formula is C24H28N2O4. The van der Waals surface area contributed by atoms with Crippen molar-refractivity contribution in [1.29, 1.82) is 0 Å². The summed E-state index contributed by atoms with van der Waals surface area (Å²) in [6.07, 6.45) is 5.72. The number of anilines is 1. The standard InChI is InChI=1S/C24H28N2O4/c1-29-21-10-12-22(13-11-21)30-24(28)25-20-8-6-18(7-9-20)23(27)26-15-14-17-4-2-3-5-19(17)16-26/h6-13,17,19H,2-5,14-16H2,1H3,(H,25,28)/t17-,19+/m1/s1. The van der Waals surface area contributed by atoms with E-state index < -0.39 is 6.09 Å². The summed E-state index contributed by atoms with van der Waals surface area (Å²) in [4.78, 5) is 27.0. The van der Waals surface area contributed by atoms with Gasteiger partial charge < -0.3 is 14.4 Å². The lowest BCUT2D eigenvalue weighted by Crippen LogP contribution is -2.44. The SMILES string of the molecule is COc1ccc(OC(=O)Nc2ccc(C(=O)N3CC[C@H]4CCCC[C@H]4C3)cc2)cc1. The molecule has 1 saturated heterocycles. The largest absolute Gasteiger partial charge is 0.497 e. The van der Waals surface area contributed by atoms with Crippen LogP contribution in [0, 0.1) is 11.8 Å². The van der Waals surface area contributed by atoms with Gasteiger partial charge >= 0.3 is 6.09 Å². The molecule has 30 heavy (non-hydrogen) atoms. The molecule has 2 aliphatic rings. The number of benzene rings is 2. The number of amides is 2. The van der Waals surface area contributed by atoms with Crippen molar-refractivity contribution in [3.63, 3.8) is 0 Å². The number of hydrogen-bond acceptors (Lipinski definition) is 4. The predicted octanol–water partition coefficient (Wildman–Crippen LogP) is 4.96. The summed E-state index contributed by atoms with van der Waals surface area (Å²) in [6.45, 7) is 1.71. The summed E-state index contributed by atoms with van der Waals surface area (Å²) in [5.41, 5.74) is 1.23. The molecule has 1 aliphatic heterocycles. The highest BCUT2D eigenvalue weighted by molar-refractivity contribution is 5.95. The van der Waals surface area contributed by atoms with E-state index in [2.05, 4.69) is 5.32 Å². The molecule has 2 aromatic rings. The smallest absolute Gasteiger partial charge is 0.417 e. The van der Waals surface area contributed by atoms with Crippen LogP contribution in [0.5, 0.6) is 11.5 Å². The third-order valence-corrected chi connectivity index (χ3v) is 6.23. The molecule has 2 atom stereocenters. The maximum Gasteiger partial charge on any atom is 0.417 e. The van der Waals surface area contributed by atoms with Crippen LogP contribution in [0.4, 0.5) is 10.5 Å². The van der Waals surface area contributed by atoms with Gasteiger partial charge in [0.25, 0.3) is 5.91 Å². The third-order valence-electron chi connectivity index (χ3n) is 6.23. The Balaban J connectivity index is 1.31. The minimum atomic E-state index is -0.585. The number of nitrogens with one attached hydrogen (secondary N) is 1. The fourth-order valence-electron chi connectivity index (χ4n) is 4.56. The maximum atomic E-state index is 12.9. The fourth-order valence-corrected chi connectivity index (χ4v) is 4.56. The summed E-state index contributed by atoms with van der Waals surface area (Å²) < 4.78 is 10.3. The Morgan fingerprint density at radius 3 is 2.27 bits per heavy atom. The molecule has 2 fully saturated rings. The number of carbonyl (C=O) groups is 2. The van der Waals surface area contributed by atoms with E-state index in [9.17, 15) is 9.59 Å². The molecule has 1 heterocycles. The molecule has 0 radical (unpaired) electrons. The zero-order valence-corrected chi connectivity index (χ0v) is 17.3. The molecule has 0 bridgehead atoms. The molecular weight excluding hydrogens is 380 g/mol. The van der Waals surface area contributed by atoms with E-state index in [0.717, 1.165) is 25.4 Å². The van der Waals surface area contributed by atoms with Crippen LogP contribution in [-0.2, 0) is 0 Å². The van der Waals surface area contributed by atoms with E-state index in [1.54, 1.807) is 55.6 Å². The maximum absolute atomic E-state index is 12.9. The highest BCUT2D eigenvalue weighted by atomic mass is 16.6. The monoisotopic (exact) mass is 408 g/mol. The second kappa shape index (κ2) is 9.20. The van der Waals surface area contributed by atoms with Crippen LogP contribution in [0.3, 0.4) is 0 Å². The second-order valence-corrected chi connectivity index (χ2v) is 8.11. The van der Waals surface area contributed by atoms with Crippen LogP contribution in [0.25, 0.3) is 0 Å². The van der Waals surface area contributed by atoms with E-state index in [1.807, 2.05) is 4.90 Å². The Labute approximate surface area is 177 Å². The average molecular weight is 408 g/mol. The van der Waals surface area contributed by atoms with E-state index in [1.165, 1.54) is 25.7 Å². The van der Waals surface area contributed by atoms with Gasteiger partial charge in [0.15, 0.2) is 0 Å². The molecule has 6 heteroatoms. The first kappa shape index (κ1) is 20.3. The van der Waals surface area contributed by atoms with Crippen molar-refractivity contribution >= 4 is 17.7 Å². The molecule has 1 saturated carbocycles. The van der Waals surface area contributed by atoms with Crippen molar-refractivity contribution in [2.75, 3.05) is 25.5 Å². The van der Waals surface area contributed by atoms with Crippen molar-refractivity contribution in [2.45, 2.75) is 32.1 Å². The van der Waals surface area contributed by atoms with Crippen molar-refractivity contribution in [3.05, 3.63) is 54.1 Å². The summed E-state index contributed by atoms with van der Waals surface area (Å²) >= 11 is 0. The van der Waals surface area contributed by atoms with E-state index >= 15 is 0 Å². The third kappa shape index (κ3) is 4.75. The molecule has 4 rings (SSSR count). The first-order valence-corrected chi connectivity index (χ1v) is 10.6. The first-order chi connectivity index (χ1) is 14.6. The minimum Gasteiger partial charge on any atom is -0.497 e. The predicted molar refractivity (Wildman–Crippen MR) is 115 cm³/mol. The number of carbonyl (C=O) groups excluding carboxylic acids is 2. The topological polar surface area (TPSA) is 67.9 Å². The van der Waals surface area contributed by atoms with Gasteiger partial charge in [-0.3, -0.25) is 10.1 Å². The second-order valence-electron chi connectivity index (χ2n) is 8.11. The number of nitrogens with zero attached hydrogens (tertiary/aromatic N) is 1. The Hall–Kier alpha value is -3.02. The Morgan fingerprint density at radius 1 is 0.900 bits per heavy atom. The summed E-state index contributed by atoms with van der Waals surface area (Å²) in [7, 11) is 1.58. The lowest BCUT2D eigenvalue weighted by molar-refractivity contribution is 0.0521. The summed E-state index contributed by atoms with van der Waals surface area (Å²) in [6, 6.07) is 13.8. The van der Waals surface area contributed by atoms with Gasteiger partial charge in [0.1, 0.15) is 11.5 Å². The average Bonchev–Trinajstić information content (AvgIpc) is 2.79. The minimum absolute atomic E-state index is 0.0754. The molecule has 0 aromatic heterocycles. The van der Waals surface area contributed by atoms with Crippen LogP contribution >= 0.6 is 0 Å². The number of hydrogen-bond donors (Lipinski definition) is 1. The molecule has 1 aliphatic carbocycles. The lowest BCUT2D eigenvalue weighted by Gasteiger charge is -2.41. The normalized spacial score (nSPS) is 20.8. The van der Waals surface area contributed by atoms with Gasteiger partial charge in [-0.2, -0.15) is 0 Å². The van der Waals surface area contributed by atoms with Crippen LogP contribution in [-0.4, -0.2) is 37.1 Å². The molecule has 0 spiro atoms. The van der Waals surface area contributed by atoms with Crippen molar-refractivity contribution in [1.82, 2.24) is 4.90 Å². The van der Waals surface area contributed by atoms with Gasteiger partial charge in [0, 0.05) is 24.3 Å². The number of likely N-dealkylation sites (tertiary alicyclic amines) is 1. The van der Waals surface area contributed by atoms with Crippen LogP contribution in [0.15, 0.2) is 48.5 Å². The first-order valence-electron chi connectivity index (χ1n) is 10.6. The molecule has 1 N–H and O–H groups in total. The molecule has 6 nitrogen and oxygen atoms in total. The number of ether oxygens (including phenoxy) is 2. The quantitative estimate of drug-likeness (QED) is 0.777. The van der Waals surface area contributed by atoms with E-state index in [0.29, 0.717) is 28.7 Å². The van der Waals surface area contributed by atoms with Gasteiger partial charge in [0.05, 0.1) is 7.11 Å². The van der Waals surface area contributed by atoms with Crippen molar-refractivity contribution in [3.8, 4) is 11.5 Å². The number of rotatable bonds is 4. The lowest BCUT2D eigenvalue weighted by atomic mass is 9.75. The molecule has 2 amide bonds. The molecule has 158 valence electrons. The van der Waals surface area contributed by atoms with Gasteiger partial charge in [0.2, 0.25) is 0 Å². The number of fused-ring (bicyclic) bond motifs is 1. The van der Waals surface area contributed by atoms with Crippen LogP contribution in [0.2, 0.25) is 0 Å². The highest BCUT2D eigenvalue weighted by Crippen LogP contribution is 2.36. The van der Waals surface area contributed by atoms with Gasteiger partial charge in [-0.15, -0.1) is 0 Å². The van der Waals surface area contributed by atoms with Crippen LogP contribution in [0.1, 0.15) is 42.5 Å². The fraction of sp³-hybridized carbons (Fsp3) is 0.417. The van der Waals surface area contributed by atoms with Gasteiger partial charge in [-0.1, -0.05) is 19.3 Å². The van der Waals surface area contributed by atoms with Crippen LogP contribution < -0.4 is 14.8 Å². The van der Waals surface area contributed by atoms with E-state index in [-0.39, 0.29) is 5.91 Å². The highest BCUT2D eigenvalue weighted by Gasteiger charge is 2.33.